The minimum atomic E-state index is 0. The molecule has 0 bridgehead atoms. The Bertz CT molecular complexity index is 555. The second-order valence-corrected chi connectivity index (χ2v) is 5.85. The van der Waals surface area contributed by atoms with E-state index in [2.05, 4.69) is 51.5 Å². The van der Waals surface area contributed by atoms with Gasteiger partial charge in [0.15, 0.2) is 5.96 Å². The lowest BCUT2D eigenvalue weighted by Gasteiger charge is -2.11. The number of aliphatic imine (C=N–C) groups is 1. The van der Waals surface area contributed by atoms with Crippen LogP contribution >= 0.6 is 46.9 Å². The van der Waals surface area contributed by atoms with Crippen molar-refractivity contribution in [3.63, 3.8) is 0 Å². The van der Waals surface area contributed by atoms with Crippen LogP contribution in [-0.4, -0.2) is 19.0 Å². The molecular formula is C16H21ClIN3S. The Kier molecular flexibility index (Phi) is 9.50. The van der Waals surface area contributed by atoms with Crippen LogP contribution in [0, 0.1) is 0 Å². The first-order valence-electron chi connectivity index (χ1n) is 7.05. The summed E-state index contributed by atoms with van der Waals surface area (Å²) in [5.41, 5.74) is 2.51. The van der Waals surface area contributed by atoms with Crippen molar-refractivity contribution in [1.29, 1.82) is 0 Å². The van der Waals surface area contributed by atoms with E-state index in [1.54, 1.807) is 11.3 Å². The molecule has 120 valence electrons. The molecule has 1 aromatic heterocycles. The van der Waals surface area contributed by atoms with Crippen molar-refractivity contribution in [3.8, 4) is 0 Å². The molecule has 0 aliphatic heterocycles. The van der Waals surface area contributed by atoms with E-state index in [0.29, 0.717) is 6.54 Å². The van der Waals surface area contributed by atoms with Crippen LogP contribution in [-0.2, 0) is 13.0 Å². The van der Waals surface area contributed by atoms with Crippen LogP contribution < -0.4 is 10.6 Å². The molecule has 1 aromatic carbocycles. The summed E-state index contributed by atoms with van der Waals surface area (Å²) in [7, 11) is 0. The lowest BCUT2D eigenvalue weighted by atomic mass is 10.1. The fourth-order valence-corrected chi connectivity index (χ4v) is 2.66. The van der Waals surface area contributed by atoms with E-state index in [0.717, 1.165) is 30.5 Å². The van der Waals surface area contributed by atoms with Gasteiger partial charge in [-0.3, -0.25) is 0 Å². The molecule has 3 nitrogen and oxygen atoms in total. The van der Waals surface area contributed by atoms with Crippen molar-refractivity contribution in [3.05, 3.63) is 57.2 Å². The second-order valence-electron chi connectivity index (χ2n) is 4.63. The van der Waals surface area contributed by atoms with Crippen molar-refractivity contribution < 1.29 is 0 Å². The van der Waals surface area contributed by atoms with E-state index in [9.17, 15) is 0 Å². The Morgan fingerprint density at radius 1 is 1.14 bits per heavy atom. The Hall–Kier alpha value is -0.790. The van der Waals surface area contributed by atoms with Gasteiger partial charge >= 0.3 is 0 Å². The standard InChI is InChI=1S/C16H20ClN3S.HI/c1-2-18-16(20-11-14-8-10-21-12-14)19-9-7-13-3-5-15(17)6-4-13;/h3-6,8,10,12H,2,7,9,11H2,1H3,(H2,18,19,20);1H. The molecule has 2 N–H and O–H groups in total. The third-order valence-electron chi connectivity index (χ3n) is 2.96. The van der Waals surface area contributed by atoms with Crippen molar-refractivity contribution in [2.45, 2.75) is 19.9 Å². The number of benzene rings is 1. The number of guanidine groups is 1. The van der Waals surface area contributed by atoms with Crippen LogP contribution in [0.25, 0.3) is 0 Å². The number of nitrogens with one attached hydrogen (secondary N) is 2. The zero-order chi connectivity index (χ0) is 14.9. The minimum absolute atomic E-state index is 0. The van der Waals surface area contributed by atoms with E-state index in [1.165, 1.54) is 11.1 Å². The molecular weight excluding hydrogens is 429 g/mol. The van der Waals surface area contributed by atoms with Gasteiger partial charge in [0.1, 0.15) is 0 Å². The molecule has 22 heavy (non-hydrogen) atoms. The summed E-state index contributed by atoms with van der Waals surface area (Å²) in [6.07, 6.45) is 0.944. The predicted molar refractivity (Wildman–Crippen MR) is 108 cm³/mol. The maximum atomic E-state index is 5.88. The molecule has 0 atom stereocenters. The van der Waals surface area contributed by atoms with Gasteiger partial charge in [0.25, 0.3) is 0 Å². The van der Waals surface area contributed by atoms with Gasteiger partial charge in [-0.2, -0.15) is 11.3 Å². The fraction of sp³-hybridized carbons (Fsp3) is 0.312. The monoisotopic (exact) mass is 449 g/mol. The second kappa shape index (κ2) is 10.9. The van der Waals surface area contributed by atoms with Crippen LogP contribution in [0.2, 0.25) is 5.02 Å². The van der Waals surface area contributed by atoms with E-state index in [1.807, 2.05) is 12.1 Å². The summed E-state index contributed by atoms with van der Waals surface area (Å²) in [4.78, 5) is 4.58. The maximum Gasteiger partial charge on any atom is 0.191 e. The molecule has 0 saturated carbocycles. The summed E-state index contributed by atoms with van der Waals surface area (Å²) >= 11 is 7.58. The summed E-state index contributed by atoms with van der Waals surface area (Å²) < 4.78 is 0. The van der Waals surface area contributed by atoms with E-state index in [4.69, 9.17) is 11.6 Å². The van der Waals surface area contributed by atoms with Crippen molar-refractivity contribution in [1.82, 2.24) is 10.6 Å². The van der Waals surface area contributed by atoms with E-state index < -0.39 is 0 Å². The van der Waals surface area contributed by atoms with Gasteiger partial charge in [-0.25, -0.2) is 4.99 Å². The molecule has 6 heteroatoms. The van der Waals surface area contributed by atoms with Crippen LogP contribution in [0.4, 0.5) is 0 Å². The molecule has 1 heterocycles. The number of rotatable bonds is 6. The Labute approximate surface area is 158 Å². The normalized spacial score (nSPS) is 10.9. The van der Waals surface area contributed by atoms with Crippen molar-refractivity contribution in [2.75, 3.05) is 13.1 Å². The van der Waals surface area contributed by atoms with E-state index >= 15 is 0 Å². The molecule has 0 aliphatic rings. The Morgan fingerprint density at radius 2 is 1.91 bits per heavy atom. The number of hydrogen-bond acceptors (Lipinski definition) is 2. The van der Waals surface area contributed by atoms with Gasteiger partial charge in [-0.05, 0) is 53.4 Å². The lowest BCUT2D eigenvalue weighted by Crippen LogP contribution is -2.38. The number of halogens is 2. The Balaban J connectivity index is 0.00000242. The van der Waals surface area contributed by atoms with Gasteiger partial charge in [-0.15, -0.1) is 24.0 Å². The van der Waals surface area contributed by atoms with Crippen molar-refractivity contribution in [2.24, 2.45) is 4.99 Å². The molecule has 0 fully saturated rings. The topological polar surface area (TPSA) is 36.4 Å². The fourth-order valence-electron chi connectivity index (χ4n) is 1.87. The summed E-state index contributed by atoms with van der Waals surface area (Å²) in [6.45, 7) is 4.48. The summed E-state index contributed by atoms with van der Waals surface area (Å²) in [6, 6.07) is 10.1. The average molecular weight is 450 g/mol. The molecule has 0 aliphatic carbocycles. The molecule has 0 saturated heterocycles. The predicted octanol–water partition coefficient (Wildman–Crippen LogP) is 4.32. The molecule has 0 unspecified atom stereocenters. The summed E-state index contributed by atoms with van der Waals surface area (Å²) in [5.74, 6) is 0.859. The van der Waals surface area contributed by atoms with Crippen LogP contribution in [0.1, 0.15) is 18.1 Å². The number of thiophene rings is 1. The highest BCUT2D eigenvalue weighted by molar-refractivity contribution is 14.0. The molecule has 0 spiro atoms. The zero-order valence-corrected chi connectivity index (χ0v) is 16.4. The van der Waals surface area contributed by atoms with E-state index in [-0.39, 0.29) is 24.0 Å². The van der Waals surface area contributed by atoms with Gasteiger partial charge < -0.3 is 10.6 Å². The minimum Gasteiger partial charge on any atom is -0.357 e. The first-order valence-corrected chi connectivity index (χ1v) is 8.37. The van der Waals surface area contributed by atoms with Gasteiger partial charge in [-0.1, -0.05) is 23.7 Å². The third-order valence-corrected chi connectivity index (χ3v) is 3.95. The molecule has 2 aromatic rings. The first-order chi connectivity index (χ1) is 10.3. The van der Waals surface area contributed by atoms with Gasteiger partial charge in [0.2, 0.25) is 0 Å². The Morgan fingerprint density at radius 3 is 2.55 bits per heavy atom. The highest BCUT2D eigenvalue weighted by Crippen LogP contribution is 2.09. The maximum absolute atomic E-state index is 5.88. The first kappa shape index (κ1) is 19.3. The SMILES string of the molecule is CCNC(=NCc1ccsc1)NCCc1ccc(Cl)cc1.I. The lowest BCUT2D eigenvalue weighted by molar-refractivity contribution is 0.800. The number of nitrogens with zero attached hydrogens (tertiary/aromatic N) is 1. The smallest absolute Gasteiger partial charge is 0.191 e. The van der Waals surface area contributed by atoms with Crippen LogP contribution in [0.3, 0.4) is 0 Å². The quantitative estimate of drug-likeness (QED) is 0.391. The zero-order valence-electron chi connectivity index (χ0n) is 12.5. The highest BCUT2D eigenvalue weighted by atomic mass is 127. The molecule has 2 rings (SSSR count). The van der Waals surface area contributed by atoms with Gasteiger partial charge in [0, 0.05) is 18.1 Å². The van der Waals surface area contributed by atoms with Crippen LogP contribution in [0.5, 0.6) is 0 Å². The van der Waals surface area contributed by atoms with Crippen LogP contribution in [0.15, 0.2) is 46.1 Å². The van der Waals surface area contributed by atoms with Gasteiger partial charge in [0.05, 0.1) is 6.54 Å². The highest BCUT2D eigenvalue weighted by Gasteiger charge is 1.99. The summed E-state index contributed by atoms with van der Waals surface area (Å²) in [5, 5.41) is 11.6. The average Bonchev–Trinajstić information content (AvgIpc) is 3.00. The van der Waals surface area contributed by atoms with Crippen molar-refractivity contribution >= 4 is 52.9 Å². The molecule has 0 amide bonds. The number of hydrogen-bond donors (Lipinski definition) is 2. The third kappa shape index (κ3) is 6.98. The largest absolute Gasteiger partial charge is 0.357 e. The molecule has 0 radical (unpaired) electrons.